The van der Waals surface area contributed by atoms with Gasteiger partial charge in [-0.05, 0) is 6.92 Å². The van der Waals surface area contributed by atoms with Crippen molar-refractivity contribution in [2.75, 3.05) is 24.3 Å². The van der Waals surface area contributed by atoms with E-state index in [2.05, 4.69) is 10.4 Å². The van der Waals surface area contributed by atoms with Gasteiger partial charge in [0.05, 0.1) is 17.6 Å². The van der Waals surface area contributed by atoms with Gasteiger partial charge in [0.2, 0.25) is 0 Å². The Morgan fingerprint density at radius 2 is 2.24 bits per heavy atom. The average molecular weight is 260 g/mol. The van der Waals surface area contributed by atoms with E-state index in [0.717, 1.165) is 6.26 Å². The molecule has 0 saturated carbocycles. The molecule has 96 valence electrons. The Morgan fingerprint density at radius 1 is 1.59 bits per heavy atom. The lowest BCUT2D eigenvalue weighted by atomic mass is 10.3. The molecule has 0 spiro atoms. The predicted octanol–water partition coefficient (Wildman–Crippen LogP) is -0.740. The summed E-state index contributed by atoms with van der Waals surface area (Å²) in [5, 5.41) is 6.42. The minimum Gasteiger partial charge on any atom is -0.396 e. The predicted molar refractivity (Wildman–Crippen MR) is 64.4 cm³/mol. The summed E-state index contributed by atoms with van der Waals surface area (Å²) in [5.74, 6) is -0.510. The summed E-state index contributed by atoms with van der Waals surface area (Å²) in [6.07, 6.45) is 2.51. The minimum absolute atomic E-state index is 0.0615. The Morgan fingerprint density at radius 3 is 2.76 bits per heavy atom. The maximum atomic E-state index is 11.7. The molecule has 0 atom stereocenters. The molecular weight excluding hydrogens is 244 g/mol. The number of aryl methyl sites for hydroxylation is 1. The SMILES string of the molecule is CCn1ncc(N)c1C(=O)NCCS(C)(=O)=O. The quantitative estimate of drug-likeness (QED) is 0.725. The highest BCUT2D eigenvalue weighted by molar-refractivity contribution is 7.90. The number of carbonyl (C=O) groups is 1. The first-order valence-electron chi connectivity index (χ1n) is 5.12. The number of carbonyl (C=O) groups excluding carboxylic acids is 1. The number of nitrogens with one attached hydrogen (secondary N) is 1. The van der Waals surface area contributed by atoms with E-state index >= 15 is 0 Å². The molecule has 1 aromatic rings. The van der Waals surface area contributed by atoms with Crippen molar-refractivity contribution in [3.05, 3.63) is 11.9 Å². The third-order valence-corrected chi connectivity index (χ3v) is 3.09. The Hall–Kier alpha value is -1.57. The largest absolute Gasteiger partial charge is 0.396 e. The Bertz CT molecular complexity index is 506. The van der Waals surface area contributed by atoms with Crippen molar-refractivity contribution < 1.29 is 13.2 Å². The molecule has 1 amide bonds. The first kappa shape index (κ1) is 13.5. The monoisotopic (exact) mass is 260 g/mol. The van der Waals surface area contributed by atoms with E-state index in [0.29, 0.717) is 6.54 Å². The Labute approximate surface area is 99.9 Å². The minimum atomic E-state index is -3.08. The molecule has 0 unspecified atom stereocenters. The normalized spacial score (nSPS) is 11.4. The van der Waals surface area contributed by atoms with Crippen LogP contribution in [0, 0.1) is 0 Å². The molecule has 0 bridgehead atoms. The molecule has 3 N–H and O–H groups in total. The van der Waals surface area contributed by atoms with Gasteiger partial charge in [-0.25, -0.2) is 8.42 Å². The number of nitrogens with zero attached hydrogens (tertiary/aromatic N) is 2. The maximum absolute atomic E-state index is 11.7. The molecule has 1 aromatic heterocycles. The first-order valence-corrected chi connectivity index (χ1v) is 7.18. The summed E-state index contributed by atoms with van der Waals surface area (Å²) < 4.78 is 23.3. The molecular formula is C9H16N4O3S. The number of rotatable bonds is 5. The molecule has 0 aromatic carbocycles. The lowest BCUT2D eigenvalue weighted by Crippen LogP contribution is -2.31. The number of aromatic nitrogens is 2. The molecule has 0 fully saturated rings. The van der Waals surface area contributed by atoms with Gasteiger partial charge in [0.1, 0.15) is 15.5 Å². The van der Waals surface area contributed by atoms with Crippen LogP contribution in [0.1, 0.15) is 17.4 Å². The van der Waals surface area contributed by atoms with E-state index in [1.807, 2.05) is 6.92 Å². The molecule has 17 heavy (non-hydrogen) atoms. The van der Waals surface area contributed by atoms with E-state index in [1.165, 1.54) is 10.9 Å². The Kier molecular flexibility index (Phi) is 4.11. The number of anilines is 1. The summed E-state index contributed by atoms with van der Waals surface area (Å²) in [5.41, 5.74) is 6.16. The van der Waals surface area contributed by atoms with Crippen LogP contribution in [-0.2, 0) is 16.4 Å². The van der Waals surface area contributed by atoms with E-state index in [9.17, 15) is 13.2 Å². The second kappa shape index (κ2) is 5.17. The molecule has 0 aliphatic heterocycles. The van der Waals surface area contributed by atoms with E-state index in [4.69, 9.17) is 5.73 Å². The van der Waals surface area contributed by atoms with Gasteiger partial charge in [0, 0.05) is 19.3 Å². The van der Waals surface area contributed by atoms with Crippen LogP contribution >= 0.6 is 0 Å². The second-order valence-corrected chi connectivity index (χ2v) is 5.91. The van der Waals surface area contributed by atoms with Crippen LogP contribution in [0.25, 0.3) is 0 Å². The van der Waals surface area contributed by atoms with Crippen LogP contribution in [0.2, 0.25) is 0 Å². The van der Waals surface area contributed by atoms with Gasteiger partial charge in [0.15, 0.2) is 0 Å². The zero-order chi connectivity index (χ0) is 13.1. The molecule has 1 rings (SSSR count). The number of hydrogen-bond acceptors (Lipinski definition) is 5. The first-order chi connectivity index (χ1) is 7.85. The van der Waals surface area contributed by atoms with Crippen molar-refractivity contribution in [2.24, 2.45) is 0 Å². The summed E-state index contributed by atoms with van der Waals surface area (Å²) in [7, 11) is -3.08. The fourth-order valence-corrected chi connectivity index (χ4v) is 1.79. The van der Waals surface area contributed by atoms with Gasteiger partial charge in [-0.1, -0.05) is 0 Å². The molecule has 7 nitrogen and oxygen atoms in total. The van der Waals surface area contributed by atoms with Gasteiger partial charge >= 0.3 is 0 Å². The fraction of sp³-hybridized carbons (Fsp3) is 0.556. The molecule has 8 heteroatoms. The van der Waals surface area contributed by atoms with Gasteiger partial charge in [-0.3, -0.25) is 9.48 Å². The van der Waals surface area contributed by atoms with Gasteiger partial charge < -0.3 is 11.1 Å². The van der Waals surface area contributed by atoms with Crippen molar-refractivity contribution in [2.45, 2.75) is 13.5 Å². The van der Waals surface area contributed by atoms with E-state index < -0.39 is 15.7 Å². The van der Waals surface area contributed by atoms with Crippen LogP contribution in [0.4, 0.5) is 5.69 Å². The fourth-order valence-electron chi connectivity index (χ4n) is 1.32. The molecule has 0 aliphatic rings. The number of amides is 1. The lowest BCUT2D eigenvalue weighted by molar-refractivity contribution is 0.0946. The van der Waals surface area contributed by atoms with Crippen molar-refractivity contribution in [3.8, 4) is 0 Å². The summed E-state index contributed by atoms with van der Waals surface area (Å²) in [4.78, 5) is 11.7. The molecule has 0 aliphatic carbocycles. The smallest absolute Gasteiger partial charge is 0.271 e. The highest BCUT2D eigenvalue weighted by Crippen LogP contribution is 2.09. The second-order valence-electron chi connectivity index (χ2n) is 3.65. The third-order valence-electron chi connectivity index (χ3n) is 2.14. The van der Waals surface area contributed by atoms with Crippen LogP contribution < -0.4 is 11.1 Å². The Balaban J connectivity index is 2.67. The van der Waals surface area contributed by atoms with Crippen LogP contribution in [0.5, 0.6) is 0 Å². The van der Waals surface area contributed by atoms with Crippen LogP contribution in [0.15, 0.2) is 6.20 Å². The topological polar surface area (TPSA) is 107 Å². The third kappa shape index (κ3) is 3.74. The molecule has 1 heterocycles. The summed E-state index contributed by atoms with van der Waals surface area (Å²) in [6.45, 7) is 2.41. The van der Waals surface area contributed by atoms with Gasteiger partial charge in [-0.15, -0.1) is 0 Å². The van der Waals surface area contributed by atoms with E-state index in [1.54, 1.807) is 0 Å². The summed E-state index contributed by atoms with van der Waals surface area (Å²) >= 11 is 0. The van der Waals surface area contributed by atoms with Crippen molar-refractivity contribution in [1.29, 1.82) is 0 Å². The highest BCUT2D eigenvalue weighted by Gasteiger charge is 2.16. The number of hydrogen-bond donors (Lipinski definition) is 2. The van der Waals surface area contributed by atoms with Gasteiger partial charge in [-0.2, -0.15) is 5.10 Å². The van der Waals surface area contributed by atoms with Crippen LogP contribution in [-0.4, -0.2) is 42.7 Å². The van der Waals surface area contributed by atoms with Crippen LogP contribution in [0.3, 0.4) is 0 Å². The van der Waals surface area contributed by atoms with E-state index in [-0.39, 0.29) is 23.7 Å². The lowest BCUT2D eigenvalue weighted by Gasteiger charge is -2.06. The zero-order valence-electron chi connectivity index (χ0n) is 9.80. The number of nitrogen functional groups attached to an aromatic ring is 1. The summed E-state index contributed by atoms with van der Waals surface area (Å²) in [6, 6.07) is 0. The van der Waals surface area contributed by atoms with Crippen molar-refractivity contribution in [1.82, 2.24) is 15.1 Å². The average Bonchev–Trinajstić information content (AvgIpc) is 2.57. The zero-order valence-corrected chi connectivity index (χ0v) is 10.6. The van der Waals surface area contributed by atoms with Crippen molar-refractivity contribution in [3.63, 3.8) is 0 Å². The maximum Gasteiger partial charge on any atom is 0.271 e. The molecule has 0 radical (unpaired) electrons. The molecule has 0 saturated heterocycles. The number of nitrogens with two attached hydrogens (primary N) is 1. The standard InChI is InChI=1S/C9H16N4O3S/c1-3-13-8(7(10)6-12-13)9(14)11-4-5-17(2,15)16/h6H,3-5,10H2,1-2H3,(H,11,14). The number of sulfone groups is 1. The van der Waals surface area contributed by atoms with Gasteiger partial charge in [0.25, 0.3) is 5.91 Å². The highest BCUT2D eigenvalue weighted by atomic mass is 32.2. The van der Waals surface area contributed by atoms with Crippen molar-refractivity contribution >= 4 is 21.4 Å².